The van der Waals surface area contributed by atoms with Gasteiger partial charge in [0.15, 0.2) is 10.8 Å². The van der Waals surface area contributed by atoms with Gasteiger partial charge in [-0.25, -0.2) is 19.0 Å². The van der Waals surface area contributed by atoms with Crippen LogP contribution in [0.5, 0.6) is 17.2 Å². The number of hydrogen-bond donors (Lipinski definition) is 1. The van der Waals surface area contributed by atoms with Crippen LogP contribution < -0.4 is 19.7 Å². The Morgan fingerprint density at radius 1 is 1.04 bits per heavy atom. The molecule has 1 aromatic heterocycles. The van der Waals surface area contributed by atoms with E-state index in [-0.39, 0.29) is 22.7 Å². The van der Waals surface area contributed by atoms with Crippen LogP contribution in [-0.4, -0.2) is 85.1 Å². The molecule has 7 rings (SSSR count). The third kappa shape index (κ3) is 6.89. The van der Waals surface area contributed by atoms with Gasteiger partial charge in [0.1, 0.15) is 29.1 Å². The fraction of sp³-hybridized carbons (Fsp3) is 0.278. The zero-order chi connectivity index (χ0) is 34.8. The normalized spacial score (nSPS) is 19.2. The number of carbonyl (C=O) groups excluding carboxylic acids is 2. The van der Waals surface area contributed by atoms with E-state index in [4.69, 9.17) is 30.8 Å². The quantitative estimate of drug-likeness (QED) is 0.192. The molecule has 3 aromatic carbocycles. The van der Waals surface area contributed by atoms with Crippen molar-refractivity contribution < 1.29 is 28.2 Å². The number of halogens is 2. The number of benzene rings is 3. The van der Waals surface area contributed by atoms with Crippen LogP contribution in [0, 0.1) is 5.82 Å². The molecule has 0 unspecified atom stereocenters. The van der Waals surface area contributed by atoms with E-state index in [1.807, 2.05) is 65.7 Å². The molecule has 4 aromatic rings. The summed E-state index contributed by atoms with van der Waals surface area (Å²) < 4.78 is 30.7. The molecule has 50 heavy (non-hydrogen) atoms. The number of esters is 1. The number of nitrogens with one attached hydrogen (secondary N) is 1. The second-order valence-electron chi connectivity index (χ2n) is 11.9. The van der Waals surface area contributed by atoms with E-state index in [0.29, 0.717) is 72.9 Å². The van der Waals surface area contributed by atoms with Gasteiger partial charge in [-0.3, -0.25) is 14.8 Å². The maximum absolute atomic E-state index is 14.0. The average molecular weight is 717 g/mol. The lowest BCUT2D eigenvalue weighted by molar-refractivity contribution is -0.136. The molecule has 0 bridgehead atoms. The van der Waals surface area contributed by atoms with Crippen molar-refractivity contribution in [1.82, 2.24) is 20.1 Å². The van der Waals surface area contributed by atoms with Crippen molar-refractivity contribution in [3.63, 3.8) is 0 Å². The van der Waals surface area contributed by atoms with E-state index in [2.05, 4.69) is 15.2 Å². The molecule has 14 heteroatoms. The van der Waals surface area contributed by atoms with Crippen molar-refractivity contribution in [2.75, 3.05) is 51.3 Å². The molecule has 2 amide bonds. The standard InChI is InChI=1S/C36H34ClFN6O5S/c1-3-48-25-9-11-27(12-10-25)49-26-7-5-23(6-8-26)44-20-24-19-42(15-16-43(24)36(44)46)21-30-31(35(45)47-2)32(28-13-4-22(38)18-29(28)37)41-33(40-30)34-39-14-17-50-34/h4-14,17-18,24,32H,3,15-16,19-21H2,1-2H3,(H,40,41)/t24-,32-/m0/s1. The number of hydrogen-bond acceptors (Lipinski definition) is 10. The van der Waals surface area contributed by atoms with Gasteiger partial charge >= 0.3 is 12.0 Å². The summed E-state index contributed by atoms with van der Waals surface area (Å²) in [5.41, 5.74) is 2.11. The third-order valence-electron chi connectivity index (χ3n) is 8.76. The zero-order valence-corrected chi connectivity index (χ0v) is 28.9. The topological polar surface area (TPSA) is 109 Å². The number of urea groups is 1. The Balaban J connectivity index is 1.08. The summed E-state index contributed by atoms with van der Waals surface area (Å²) in [5.74, 6) is 1.53. The van der Waals surface area contributed by atoms with E-state index in [1.54, 1.807) is 11.1 Å². The summed E-state index contributed by atoms with van der Waals surface area (Å²) in [7, 11) is 1.31. The van der Waals surface area contributed by atoms with Crippen LogP contribution in [0.2, 0.25) is 5.02 Å². The maximum Gasteiger partial charge on any atom is 0.338 e. The Kier molecular flexibility index (Phi) is 9.70. The summed E-state index contributed by atoms with van der Waals surface area (Å²) in [4.78, 5) is 42.0. The molecule has 3 aliphatic heterocycles. The summed E-state index contributed by atoms with van der Waals surface area (Å²) in [6.07, 6.45) is 1.67. The lowest BCUT2D eigenvalue weighted by Gasteiger charge is -2.38. The highest BCUT2D eigenvalue weighted by Crippen LogP contribution is 2.37. The molecule has 3 aliphatic rings. The Hall–Kier alpha value is -4.98. The Morgan fingerprint density at radius 2 is 1.78 bits per heavy atom. The van der Waals surface area contributed by atoms with E-state index in [1.165, 1.54) is 36.6 Å². The summed E-state index contributed by atoms with van der Waals surface area (Å²) in [6, 6.07) is 18.0. The fourth-order valence-electron chi connectivity index (χ4n) is 6.42. The molecule has 258 valence electrons. The fourth-order valence-corrected chi connectivity index (χ4v) is 7.28. The van der Waals surface area contributed by atoms with Gasteiger partial charge in [0.25, 0.3) is 0 Å². The second-order valence-corrected chi connectivity index (χ2v) is 13.2. The number of thiazole rings is 1. The minimum absolute atomic E-state index is 0.0516. The highest BCUT2D eigenvalue weighted by Gasteiger charge is 2.42. The number of piperazine rings is 1. The van der Waals surface area contributed by atoms with Crippen LogP contribution in [0.25, 0.3) is 0 Å². The third-order valence-corrected chi connectivity index (χ3v) is 9.87. The molecule has 11 nitrogen and oxygen atoms in total. The van der Waals surface area contributed by atoms with Gasteiger partial charge in [0.05, 0.1) is 25.3 Å². The molecule has 2 fully saturated rings. The van der Waals surface area contributed by atoms with Crippen molar-refractivity contribution in [2.24, 2.45) is 4.99 Å². The van der Waals surface area contributed by atoms with Gasteiger partial charge in [-0.05, 0) is 67.6 Å². The average Bonchev–Trinajstić information content (AvgIpc) is 3.78. The number of aliphatic imine (C=N–C) groups is 1. The lowest BCUT2D eigenvalue weighted by Crippen LogP contribution is -2.53. The van der Waals surface area contributed by atoms with Crippen LogP contribution in [0.3, 0.4) is 0 Å². The van der Waals surface area contributed by atoms with Gasteiger partial charge in [-0.15, -0.1) is 11.3 Å². The molecule has 0 saturated carbocycles. The summed E-state index contributed by atoms with van der Waals surface area (Å²) >= 11 is 7.90. The number of fused-ring (bicyclic) bond motifs is 1. The molecular weight excluding hydrogens is 683 g/mol. The smallest absolute Gasteiger partial charge is 0.338 e. The minimum atomic E-state index is -0.850. The molecule has 2 saturated heterocycles. The van der Waals surface area contributed by atoms with Gasteiger partial charge in [0.2, 0.25) is 0 Å². The first-order chi connectivity index (χ1) is 24.3. The number of carbonyl (C=O) groups is 2. The van der Waals surface area contributed by atoms with Gasteiger partial charge in [0, 0.05) is 66.3 Å². The van der Waals surface area contributed by atoms with Crippen LogP contribution in [0.15, 0.2) is 94.6 Å². The number of methoxy groups -OCH3 is 1. The van der Waals surface area contributed by atoms with Crippen LogP contribution in [-0.2, 0) is 9.53 Å². The Labute approximate surface area is 297 Å². The minimum Gasteiger partial charge on any atom is -0.494 e. The van der Waals surface area contributed by atoms with Gasteiger partial charge < -0.3 is 24.4 Å². The van der Waals surface area contributed by atoms with Crippen molar-refractivity contribution in [3.05, 3.63) is 111 Å². The summed E-state index contributed by atoms with van der Waals surface area (Å²) in [6.45, 7) is 5.05. The first-order valence-corrected chi connectivity index (χ1v) is 17.4. The van der Waals surface area contributed by atoms with Crippen LogP contribution >= 0.6 is 22.9 Å². The van der Waals surface area contributed by atoms with Crippen molar-refractivity contribution in [1.29, 1.82) is 0 Å². The molecule has 2 atom stereocenters. The maximum atomic E-state index is 14.0. The van der Waals surface area contributed by atoms with Crippen molar-refractivity contribution in [3.8, 4) is 17.2 Å². The first kappa shape index (κ1) is 33.5. The number of rotatable bonds is 10. The van der Waals surface area contributed by atoms with Gasteiger partial charge in [-0.2, -0.15) is 0 Å². The first-order valence-electron chi connectivity index (χ1n) is 16.1. The molecule has 1 N–H and O–H groups in total. The van der Waals surface area contributed by atoms with E-state index >= 15 is 0 Å². The predicted molar refractivity (Wildman–Crippen MR) is 189 cm³/mol. The number of ether oxygens (including phenoxy) is 3. The Bertz CT molecular complexity index is 1940. The highest BCUT2D eigenvalue weighted by molar-refractivity contribution is 7.11. The number of amides is 2. The van der Waals surface area contributed by atoms with Crippen LogP contribution in [0.4, 0.5) is 14.9 Å². The summed E-state index contributed by atoms with van der Waals surface area (Å²) in [5, 5.41) is 5.96. The SMILES string of the molecule is CCOc1ccc(Oc2ccc(N3C[C@@H]4CN(CC5=C(C(=O)OC)[C@H](c6ccc(F)cc6Cl)N=C(c6nccs6)N5)CCN4C3=O)cc2)cc1. The predicted octanol–water partition coefficient (Wildman–Crippen LogP) is 6.27. The number of nitrogens with zero attached hydrogens (tertiary/aromatic N) is 5. The van der Waals surface area contributed by atoms with E-state index < -0.39 is 17.8 Å². The molecule has 0 spiro atoms. The molecule has 4 heterocycles. The number of aromatic nitrogens is 1. The molecule has 0 radical (unpaired) electrons. The monoisotopic (exact) mass is 716 g/mol. The lowest BCUT2D eigenvalue weighted by atomic mass is 9.95. The van der Waals surface area contributed by atoms with E-state index in [9.17, 15) is 14.0 Å². The number of anilines is 1. The zero-order valence-electron chi connectivity index (χ0n) is 27.3. The Morgan fingerprint density at radius 3 is 2.46 bits per heavy atom. The number of amidine groups is 1. The van der Waals surface area contributed by atoms with Crippen LogP contribution in [0.1, 0.15) is 23.5 Å². The van der Waals surface area contributed by atoms with Crippen molar-refractivity contribution >= 4 is 46.5 Å². The second kappa shape index (κ2) is 14.5. The largest absolute Gasteiger partial charge is 0.494 e. The van der Waals surface area contributed by atoms with Gasteiger partial charge in [-0.1, -0.05) is 17.7 Å². The van der Waals surface area contributed by atoms with E-state index in [0.717, 1.165) is 11.4 Å². The molecular formula is C36H34ClFN6O5S. The van der Waals surface area contributed by atoms with Crippen molar-refractivity contribution in [2.45, 2.75) is 19.0 Å². The molecule has 0 aliphatic carbocycles. The highest BCUT2D eigenvalue weighted by atomic mass is 35.5.